The molecule has 0 aliphatic carbocycles. The van der Waals surface area contributed by atoms with Crippen LogP contribution in [-0.4, -0.2) is 9.97 Å². The number of thiophene rings is 1. The molecule has 0 amide bonds. The first-order valence-corrected chi connectivity index (χ1v) is 6.87. The molecule has 0 saturated heterocycles. The van der Waals surface area contributed by atoms with Crippen LogP contribution < -0.4 is 5.73 Å². The van der Waals surface area contributed by atoms with Gasteiger partial charge in [-0.25, -0.2) is 4.98 Å². The maximum absolute atomic E-state index is 6.26. The quantitative estimate of drug-likeness (QED) is 0.750. The minimum atomic E-state index is 0.531. The summed E-state index contributed by atoms with van der Waals surface area (Å²) >= 11 is 7.86. The molecule has 2 aromatic heterocycles. The van der Waals surface area contributed by atoms with Gasteiger partial charge >= 0.3 is 0 Å². The van der Waals surface area contributed by atoms with Crippen molar-refractivity contribution in [1.29, 1.82) is 0 Å². The summed E-state index contributed by atoms with van der Waals surface area (Å²) in [6.07, 6.45) is 0. The first kappa shape index (κ1) is 11.7. The SMILES string of the molecule is Cc1csc(-c2nc3ccc(CN)cc3[nH]2)c1Cl. The van der Waals surface area contributed by atoms with E-state index in [0.717, 1.165) is 37.9 Å². The Kier molecular flexibility index (Phi) is 2.86. The molecule has 0 fully saturated rings. The summed E-state index contributed by atoms with van der Waals surface area (Å²) in [7, 11) is 0. The van der Waals surface area contributed by atoms with Gasteiger partial charge in [-0.3, -0.25) is 0 Å². The van der Waals surface area contributed by atoms with Gasteiger partial charge in [-0.1, -0.05) is 17.7 Å². The monoisotopic (exact) mass is 277 g/mol. The van der Waals surface area contributed by atoms with Crippen LogP contribution in [0.25, 0.3) is 21.7 Å². The standard InChI is InChI=1S/C13H12ClN3S/c1-7-6-18-12(11(7)14)13-16-9-3-2-8(5-15)4-10(9)17-13/h2-4,6H,5,15H2,1H3,(H,16,17). The fourth-order valence-corrected chi connectivity index (χ4v) is 3.11. The van der Waals surface area contributed by atoms with Gasteiger partial charge in [0.1, 0.15) is 5.82 Å². The van der Waals surface area contributed by atoms with Crippen LogP contribution in [0.1, 0.15) is 11.1 Å². The van der Waals surface area contributed by atoms with Gasteiger partial charge in [-0.05, 0) is 35.6 Å². The van der Waals surface area contributed by atoms with Crippen molar-refractivity contribution in [3.05, 3.63) is 39.7 Å². The maximum atomic E-state index is 6.26. The van der Waals surface area contributed by atoms with E-state index in [2.05, 4.69) is 9.97 Å². The first-order chi connectivity index (χ1) is 8.69. The Morgan fingerprint density at radius 2 is 2.28 bits per heavy atom. The van der Waals surface area contributed by atoms with E-state index in [1.165, 1.54) is 0 Å². The van der Waals surface area contributed by atoms with E-state index in [-0.39, 0.29) is 0 Å². The predicted molar refractivity (Wildman–Crippen MR) is 77.0 cm³/mol. The van der Waals surface area contributed by atoms with Gasteiger partial charge < -0.3 is 10.7 Å². The van der Waals surface area contributed by atoms with Gasteiger partial charge in [0.25, 0.3) is 0 Å². The largest absolute Gasteiger partial charge is 0.337 e. The zero-order valence-electron chi connectivity index (χ0n) is 9.83. The highest BCUT2D eigenvalue weighted by molar-refractivity contribution is 7.14. The molecule has 1 aromatic carbocycles. The Bertz CT molecular complexity index is 714. The smallest absolute Gasteiger partial charge is 0.150 e. The van der Waals surface area contributed by atoms with Gasteiger partial charge in [0.05, 0.1) is 20.9 Å². The molecule has 3 nitrogen and oxygen atoms in total. The fraction of sp³-hybridized carbons (Fsp3) is 0.154. The summed E-state index contributed by atoms with van der Waals surface area (Å²) in [6.45, 7) is 2.53. The normalized spacial score (nSPS) is 11.3. The number of H-pyrrole nitrogens is 1. The molecule has 0 saturated carbocycles. The van der Waals surface area contributed by atoms with Crippen molar-refractivity contribution in [2.45, 2.75) is 13.5 Å². The number of benzene rings is 1. The van der Waals surface area contributed by atoms with E-state index in [0.29, 0.717) is 6.54 Å². The van der Waals surface area contributed by atoms with E-state index in [9.17, 15) is 0 Å². The van der Waals surface area contributed by atoms with Crippen molar-refractivity contribution in [2.75, 3.05) is 0 Å². The molecule has 3 rings (SSSR count). The third kappa shape index (κ3) is 1.82. The van der Waals surface area contributed by atoms with Crippen molar-refractivity contribution >= 4 is 34.0 Å². The highest BCUT2D eigenvalue weighted by Crippen LogP contribution is 2.35. The lowest BCUT2D eigenvalue weighted by molar-refractivity contribution is 1.07. The van der Waals surface area contributed by atoms with Crippen LogP contribution in [0.15, 0.2) is 23.6 Å². The van der Waals surface area contributed by atoms with E-state index in [4.69, 9.17) is 17.3 Å². The molecule has 0 aliphatic heterocycles. The zero-order chi connectivity index (χ0) is 12.7. The fourth-order valence-electron chi connectivity index (χ4n) is 1.88. The number of aromatic nitrogens is 2. The zero-order valence-corrected chi connectivity index (χ0v) is 11.4. The number of hydrogen-bond acceptors (Lipinski definition) is 3. The lowest BCUT2D eigenvalue weighted by Crippen LogP contribution is -1.95. The Hall–Kier alpha value is -1.36. The average molecular weight is 278 g/mol. The number of fused-ring (bicyclic) bond motifs is 1. The molecule has 92 valence electrons. The van der Waals surface area contributed by atoms with Crippen molar-refractivity contribution in [3.8, 4) is 10.7 Å². The highest BCUT2D eigenvalue weighted by Gasteiger charge is 2.12. The molecule has 5 heteroatoms. The molecule has 0 spiro atoms. The van der Waals surface area contributed by atoms with Crippen LogP contribution in [0.5, 0.6) is 0 Å². The molecule has 3 N–H and O–H groups in total. The van der Waals surface area contributed by atoms with E-state index in [1.807, 2.05) is 30.5 Å². The highest BCUT2D eigenvalue weighted by atomic mass is 35.5. The third-order valence-electron chi connectivity index (χ3n) is 2.90. The van der Waals surface area contributed by atoms with Crippen molar-refractivity contribution in [2.24, 2.45) is 5.73 Å². The van der Waals surface area contributed by atoms with Gasteiger partial charge in [0, 0.05) is 6.54 Å². The Morgan fingerprint density at radius 3 is 2.94 bits per heavy atom. The molecular weight excluding hydrogens is 266 g/mol. The van der Waals surface area contributed by atoms with Crippen molar-refractivity contribution < 1.29 is 0 Å². The molecule has 3 aromatic rings. The van der Waals surface area contributed by atoms with Crippen LogP contribution in [-0.2, 0) is 6.54 Å². The summed E-state index contributed by atoms with van der Waals surface area (Å²) in [5, 5.41) is 2.81. The molecular formula is C13H12ClN3S. The minimum absolute atomic E-state index is 0.531. The lowest BCUT2D eigenvalue weighted by Gasteiger charge is -1.94. The van der Waals surface area contributed by atoms with Gasteiger partial charge in [-0.15, -0.1) is 11.3 Å². The van der Waals surface area contributed by atoms with Crippen LogP contribution in [0.4, 0.5) is 0 Å². The number of aryl methyl sites for hydroxylation is 1. The number of nitrogens with two attached hydrogens (primary N) is 1. The van der Waals surface area contributed by atoms with Crippen molar-refractivity contribution in [1.82, 2.24) is 9.97 Å². The molecule has 0 atom stereocenters. The van der Waals surface area contributed by atoms with Crippen LogP contribution >= 0.6 is 22.9 Å². The second kappa shape index (κ2) is 4.39. The number of rotatable bonds is 2. The summed E-state index contributed by atoms with van der Waals surface area (Å²) in [5.74, 6) is 0.822. The summed E-state index contributed by atoms with van der Waals surface area (Å²) in [5.41, 5.74) is 9.74. The van der Waals surface area contributed by atoms with Crippen molar-refractivity contribution in [3.63, 3.8) is 0 Å². The van der Waals surface area contributed by atoms with E-state index >= 15 is 0 Å². The lowest BCUT2D eigenvalue weighted by atomic mass is 10.2. The summed E-state index contributed by atoms with van der Waals surface area (Å²) < 4.78 is 0. The van der Waals surface area contributed by atoms with E-state index < -0.39 is 0 Å². The van der Waals surface area contributed by atoms with Crippen LogP contribution in [0.3, 0.4) is 0 Å². The molecule has 18 heavy (non-hydrogen) atoms. The van der Waals surface area contributed by atoms with Gasteiger partial charge in [0.2, 0.25) is 0 Å². The summed E-state index contributed by atoms with van der Waals surface area (Å²) in [6, 6.07) is 6.00. The number of imidazole rings is 1. The molecule has 0 aliphatic rings. The Labute approximate surface area is 114 Å². The Balaban J connectivity index is 2.16. The molecule has 0 unspecified atom stereocenters. The number of nitrogens with zero attached hydrogens (tertiary/aromatic N) is 1. The number of hydrogen-bond donors (Lipinski definition) is 2. The number of nitrogens with one attached hydrogen (secondary N) is 1. The number of aromatic amines is 1. The second-order valence-electron chi connectivity index (χ2n) is 4.20. The molecule has 0 radical (unpaired) electrons. The average Bonchev–Trinajstić information content (AvgIpc) is 2.93. The third-order valence-corrected chi connectivity index (χ3v) is 4.60. The topological polar surface area (TPSA) is 54.7 Å². The van der Waals surface area contributed by atoms with Gasteiger partial charge in [-0.2, -0.15) is 0 Å². The predicted octanol–water partition coefficient (Wildman–Crippen LogP) is 3.71. The number of halogens is 1. The Morgan fingerprint density at radius 1 is 1.44 bits per heavy atom. The van der Waals surface area contributed by atoms with E-state index in [1.54, 1.807) is 11.3 Å². The molecule has 2 heterocycles. The second-order valence-corrected chi connectivity index (χ2v) is 5.46. The maximum Gasteiger partial charge on any atom is 0.150 e. The van der Waals surface area contributed by atoms with Gasteiger partial charge in [0.15, 0.2) is 0 Å². The molecule has 0 bridgehead atoms. The van der Waals surface area contributed by atoms with Crippen LogP contribution in [0, 0.1) is 6.92 Å². The summed E-state index contributed by atoms with van der Waals surface area (Å²) in [4.78, 5) is 8.85. The minimum Gasteiger partial charge on any atom is -0.337 e. The first-order valence-electron chi connectivity index (χ1n) is 5.61. The van der Waals surface area contributed by atoms with Crippen LogP contribution in [0.2, 0.25) is 5.02 Å².